The van der Waals surface area contributed by atoms with Crippen LogP contribution >= 0.6 is 15.9 Å². The first-order valence-electron chi connectivity index (χ1n) is 9.02. The number of halogens is 1. The number of anilines is 1. The van der Waals surface area contributed by atoms with E-state index in [1.54, 1.807) is 51.3 Å². The molecule has 0 aliphatic rings. The predicted molar refractivity (Wildman–Crippen MR) is 112 cm³/mol. The zero-order valence-electron chi connectivity index (χ0n) is 16.5. The van der Waals surface area contributed by atoms with Gasteiger partial charge in [-0.1, -0.05) is 18.2 Å². The molecule has 0 saturated heterocycles. The summed E-state index contributed by atoms with van der Waals surface area (Å²) in [6.07, 6.45) is -1.44. The highest BCUT2D eigenvalue weighted by Crippen LogP contribution is 2.25. The minimum absolute atomic E-state index is 0.110. The molecule has 0 aliphatic heterocycles. The number of amides is 1. The van der Waals surface area contributed by atoms with Gasteiger partial charge in [-0.15, -0.1) is 0 Å². The van der Waals surface area contributed by atoms with Crippen molar-refractivity contribution in [2.24, 2.45) is 0 Å². The number of carboxylic acid groups (broad SMARTS) is 1. The highest BCUT2D eigenvalue weighted by molar-refractivity contribution is 9.10. The largest absolute Gasteiger partial charge is 0.496 e. The van der Waals surface area contributed by atoms with E-state index in [0.29, 0.717) is 11.4 Å². The maximum Gasteiger partial charge on any atom is 0.411 e. The summed E-state index contributed by atoms with van der Waals surface area (Å²) in [7, 11) is 1.58. The molecule has 0 bridgehead atoms. The van der Waals surface area contributed by atoms with Crippen molar-refractivity contribution in [1.82, 2.24) is 0 Å². The van der Waals surface area contributed by atoms with Crippen molar-refractivity contribution in [1.29, 1.82) is 0 Å². The van der Waals surface area contributed by atoms with Gasteiger partial charge in [0, 0.05) is 12.1 Å². The van der Waals surface area contributed by atoms with Crippen LogP contribution in [0.15, 0.2) is 46.9 Å². The van der Waals surface area contributed by atoms with Crippen molar-refractivity contribution in [3.63, 3.8) is 0 Å². The van der Waals surface area contributed by atoms with Gasteiger partial charge in [-0.25, -0.2) is 9.59 Å². The third kappa shape index (κ3) is 7.40. The number of carbonyl (C=O) groups is 2. The van der Waals surface area contributed by atoms with Gasteiger partial charge in [0.25, 0.3) is 0 Å². The molecular formula is C21H24BrNO6. The molecule has 7 nitrogen and oxygen atoms in total. The summed E-state index contributed by atoms with van der Waals surface area (Å²) in [5, 5.41) is 11.9. The van der Waals surface area contributed by atoms with Gasteiger partial charge < -0.3 is 19.3 Å². The van der Waals surface area contributed by atoms with Crippen molar-refractivity contribution in [2.45, 2.75) is 39.1 Å². The van der Waals surface area contributed by atoms with E-state index in [9.17, 15) is 14.7 Å². The van der Waals surface area contributed by atoms with Gasteiger partial charge in [0.2, 0.25) is 0 Å². The summed E-state index contributed by atoms with van der Waals surface area (Å²) >= 11 is 3.39. The van der Waals surface area contributed by atoms with Crippen molar-refractivity contribution < 1.29 is 28.9 Å². The molecule has 156 valence electrons. The van der Waals surface area contributed by atoms with Crippen LogP contribution in [0.2, 0.25) is 0 Å². The summed E-state index contributed by atoms with van der Waals surface area (Å²) in [5.41, 5.74) is 2.15. The number of aliphatic carboxylic acids is 1. The lowest BCUT2D eigenvalue weighted by atomic mass is 10.1. The van der Waals surface area contributed by atoms with E-state index in [1.165, 1.54) is 0 Å². The summed E-state index contributed by atoms with van der Waals surface area (Å²) in [5.74, 6) is -0.308. The summed E-state index contributed by atoms with van der Waals surface area (Å²) in [6, 6.07) is 12.3. The zero-order valence-corrected chi connectivity index (χ0v) is 18.1. The second-order valence-electron chi connectivity index (χ2n) is 6.58. The Morgan fingerprint density at radius 1 is 1.10 bits per heavy atom. The van der Waals surface area contributed by atoms with Gasteiger partial charge in [0.05, 0.1) is 17.7 Å². The fraction of sp³-hybridized carbons (Fsp3) is 0.333. The molecular weight excluding hydrogens is 442 g/mol. The number of carboxylic acids is 1. The average Bonchev–Trinajstić information content (AvgIpc) is 2.67. The molecule has 1 atom stereocenters. The predicted octanol–water partition coefficient (Wildman–Crippen LogP) is 4.63. The molecule has 2 aromatic rings. The van der Waals surface area contributed by atoms with Gasteiger partial charge in [0.1, 0.15) is 12.4 Å². The Morgan fingerprint density at radius 3 is 2.31 bits per heavy atom. The van der Waals surface area contributed by atoms with Crippen molar-refractivity contribution in [3.05, 3.63) is 58.1 Å². The number of ether oxygens (including phenoxy) is 3. The SMILES string of the molecule is COc1ccc(COC(=O)Nc2ccc(CC(OC(C)C)C(=O)O)cc2)cc1Br. The fourth-order valence-corrected chi connectivity index (χ4v) is 3.15. The molecule has 1 amide bonds. The Bertz CT molecular complexity index is 838. The Balaban J connectivity index is 1.87. The molecule has 0 saturated carbocycles. The highest BCUT2D eigenvalue weighted by atomic mass is 79.9. The van der Waals surface area contributed by atoms with Crippen LogP contribution in [-0.2, 0) is 27.3 Å². The second-order valence-corrected chi connectivity index (χ2v) is 7.44. The second kappa shape index (κ2) is 10.8. The molecule has 8 heteroatoms. The van der Waals surface area contributed by atoms with Crippen LogP contribution in [0.4, 0.5) is 10.5 Å². The summed E-state index contributed by atoms with van der Waals surface area (Å²) in [4.78, 5) is 23.3. The summed E-state index contributed by atoms with van der Waals surface area (Å²) < 4.78 is 16.6. The van der Waals surface area contributed by atoms with Crippen LogP contribution < -0.4 is 10.1 Å². The van der Waals surface area contributed by atoms with Crippen LogP contribution in [0.1, 0.15) is 25.0 Å². The number of rotatable bonds is 9. The lowest BCUT2D eigenvalue weighted by Crippen LogP contribution is -2.29. The van der Waals surface area contributed by atoms with Gasteiger partial charge in [0.15, 0.2) is 6.10 Å². The Labute approximate surface area is 178 Å². The minimum Gasteiger partial charge on any atom is -0.496 e. The first kappa shape index (κ1) is 22.7. The van der Waals surface area contributed by atoms with E-state index in [0.717, 1.165) is 15.6 Å². The molecule has 0 spiro atoms. The molecule has 2 N–H and O–H groups in total. The fourth-order valence-electron chi connectivity index (χ4n) is 2.56. The van der Waals surface area contributed by atoms with Gasteiger partial charge in [-0.3, -0.25) is 5.32 Å². The molecule has 2 rings (SSSR count). The maximum absolute atomic E-state index is 12.0. The number of hydrogen-bond acceptors (Lipinski definition) is 5. The molecule has 0 aromatic heterocycles. The first-order chi connectivity index (χ1) is 13.8. The summed E-state index contributed by atoms with van der Waals surface area (Å²) in [6.45, 7) is 3.69. The topological polar surface area (TPSA) is 94.1 Å². The standard InChI is InChI=1S/C21H24BrNO6/c1-13(2)29-19(20(24)25)11-14-4-7-16(8-5-14)23-21(26)28-12-15-6-9-18(27-3)17(22)10-15/h4-10,13,19H,11-12H2,1-3H3,(H,23,26)(H,24,25). The van der Waals surface area contributed by atoms with Crippen LogP contribution in [0.5, 0.6) is 5.75 Å². The molecule has 0 fully saturated rings. The Hall–Kier alpha value is -2.58. The molecule has 29 heavy (non-hydrogen) atoms. The molecule has 0 radical (unpaired) electrons. The van der Waals surface area contributed by atoms with Crippen molar-refractivity contribution in [3.8, 4) is 5.75 Å². The van der Waals surface area contributed by atoms with E-state index >= 15 is 0 Å². The van der Waals surface area contributed by atoms with E-state index in [-0.39, 0.29) is 19.1 Å². The monoisotopic (exact) mass is 465 g/mol. The van der Waals surface area contributed by atoms with E-state index in [1.807, 2.05) is 12.1 Å². The Kier molecular flexibility index (Phi) is 8.48. The zero-order chi connectivity index (χ0) is 21.4. The number of nitrogens with one attached hydrogen (secondary N) is 1. The minimum atomic E-state index is -1.00. The normalized spacial score (nSPS) is 11.8. The molecule has 0 aliphatic carbocycles. The third-order valence-corrected chi connectivity index (χ3v) is 4.54. The van der Waals surface area contributed by atoms with Crippen LogP contribution in [0.3, 0.4) is 0 Å². The Morgan fingerprint density at radius 2 is 1.76 bits per heavy atom. The maximum atomic E-state index is 12.0. The average molecular weight is 466 g/mol. The molecule has 0 heterocycles. The van der Waals surface area contributed by atoms with E-state index < -0.39 is 18.2 Å². The highest BCUT2D eigenvalue weighted by Gasteiger charge is 2.20. The van der Waals surface area contributed by atoms with Crippen molar-refractivity contribution in [2.75, 3.05) is 12.4 Å². The smallest absolute Gasteiger partial charge is 0.411 e. The van der Waals surface area contributed by atoms with Crippen molar-refractivity contribution >= 4 is 33.7 Å². The first-order valence-corrected chi connectivity index (χ1v) is 9.81. The number of hydrogen-bond donors (Lipinski definition) is 2. The number of methoxy groups -OCH3 is 1. The van der Waals surface area contributed by atoms with Gasteiger partial charge >= 0.3 is 12.1 Å². The van der Waals surface area contributed by atoms with Crippen LogP contribution in [0.25, 0.3) is 0 Å². The van der Waals surface area contributed by atoms with Crippen LogP contribution in [0, 0.1) is 0 Å². The van der Waals surface area contributed by atoms with E-state index in [4.69, 9.17) is 14.2 Å². The molecule has 2 aromatic carbocycles. The lowest BCUT2D eigenvalue weighted by molar-refractivity contribution is -0.153. The number of carbonyl (C=O) groups excluding carboxylic acids is 1. The van der Waals surface area contributed by atoms with Crippen LogP contribution in [-0.4, -0.2) is 36.5 Å². The quantitative estimate of drug-likeness (QED) is 0.560. The molecule has 1 unspecified atom stereocenters. The van der Waals surface area contributed by atoms with Gasteiger partial charge in [-0.2, -0.15) is 0 Å². The lowest BCUT2D eigenvalue weighted by Gasteiger charge is -2.16. The number of benzene rings is 2. The van der Waals surface area contributed by atoms with Gasteiger partial charge in [-0.05, 0) is 65.2 Å². The van der Waals surface area contributed by atoms with E-state index in [2.05, 4.69) is 21.2 Å². The third-order valence-electron chi connectivity index (χ3n) is 3.92.